The third-order valence-electron chi connectivity index (χ3n) is 5.34. The Bertz CT molecular complexity index is 646. The standard InChI is InChI=1S/C18H25ClN2O4/c1-20-15(22)11-21(12-18(20)6-8-25-9-7-18)10-13-4-5-14(23-2)17(24-3)16(13)19/h4-5H,6-12H2,1-3H3. The first-order valence-corrected chi connectivity index (χ1v) is 8.84. The molecule has 0 radical (unpaired) electrons. The molecule has 2 aliphatic rings. The van der Waals surface area contributed by atoms with Gasteiger partial charge in [-0.3, -0.25) is 9.69 Å². The first kappa shape index (κ1) is 18.3. The SMILES string of the molecule is COc1ccc(CN2CC(=O)N(C)C3(CCOCC3)C2)c(Cl)c1OC. The topological polar surface area (TPSA) is 51.2 Å². The highest BCUT2D eigenvalue weighted by Crippen LogP contribution is 2.38. The van der Waals surface area contributed by atoms with Crippen LogP contribution in [0.5, 0.6) is 11.5 Å². The molecular formula is C18H25ClN2O4. The van der Waals surface area contributed by atoms with Crippen LogP contribution in [0.15, 0.2) is 12.1 Å². The first-order chi connectivity index (χ1) is 12.0. The number of benzene rings is 1. The Hall–Kier alpha value is -1.50. The molecule has 0 atom stereocenters. The lowest BCUT2D eigenvalue weighted by atomic mass is 9.85. The van der Waals surface area contributed by atoms with Crippen LogP contribution >= 0.6 is 11.6 Å². The molecule has 0 bridgehead atoms. The van der Waals surface area contributed by atoms with Crippen LogP contribution < -0.4 is 9.47 Å². The summed E-state index contributed by atoms with van der Waals surface area (Å²) in [5.74, 6) is 1.28. The summed E-state index contributed by atoms with van der Waals surface area (Å²) in [5.41, 5.74) is 0.787. The number of methoxy groups -OCH3 is 2. The van der Waals surface area contributed by atoms with Gasteiger partial charge in [-0.05, 0) is 24.5 Å². The number of amides is 1. The second kappa shape index (κ2) is 7.40. The minimum Gasteiger partial charge on any atom is -0.493 e. The Morgan fingerprint density at radius 1 is 1.24 bits per heavy atom. The van der Waals surface area contributed by atoms with Crippen LogP contribution in [0.4, 0.5) is 0 Å². The molecule has 0 aliphatic carbocycles. The Balaban J connectivity index is 1.82. The van der Waals surface area contributed by atoms with E-state index in [4.69, 9.17) is 25.8 Å². The molecular weight excluding hydrogens is 344 g/mol. The molecule has 138 valence electrons. The number of hydrogen-bond acceptors (Lipinski definition) is 5. The van der Waals surface area contributed by atoms with E-state index in [1.165, 1.54) is 0 Å². The molecule has 7 heteroatoms. The van der Waals surface area contributed by atoms with Crippen molar-refractivity contribution < 1.29 is 19.0 Å². The zero-order chi connectivity index (χ0) is 18.0. The van der Waals surface area contributed by atoms with Crippen molar-refractivity contribution >= 4 is 17.5 Å². The van der Waals surface area contributed by atoms with Crippen molar-refractivity contribution in [1.29, 1.82) is 0 Å². The molecule has 2 heterocycles. The molecule has 2 saturated heterocycles. The zero-order valence-corrected chi connectivity index (χ0v) is 15.8. The monoisotopic (exact) mass is 368 g/mol. The molecule has 1 amide bonds. The highest BCUT2D eigenvalue weighted by molar-refractivity contribution is 6.33. The van der Waals surface area contributed by atoms with E-state index in [1.807, 2.05) is 24.1 Å². The van der Waals surface area contributed by atoms with Crippen LogP contribution in [0.3, 0.4) is 0 Å². The summed E-state index contributed by atoms with van der Waals surface area (Å²) in [6.07, 6.45) is 1.73. The molecule has 0 unspecified atom stereocenters. The number of piperazine rings is 1. The maximum Gasteiger partial charge on any atom is 0.237 e. The maximum atomic E-state index is 12.5. The van der Waals surface area contributed by atoms with Crippen molar-refractivity contribution in [2.24, 2.45) is 0 Å². The Labute approximate surface area is 153 Å². The summed E-state index contributed by atoms with van der Waals surface area (Å²) in [5, 5.41) is 0.536. The molecule has 0 N–H and O–H groups in total. The summed E-state index contributed by atoms with van der Waals surface area (Å²) in [6.45, 7) is 3.21. The average molecular weight is 369 g/mol. The number of rotatable bonds is 4. The van der Waals surface area contributed by atoms with Crippen molar-refractivity contribution in [3.8, 4) is 11.5 Å². The van der Waals surface area contributed by atoms with E-state index in [0.717, 1.165) is 24.9 Å². The summed E-state index contributed by atoms with van der Waals surface area (Å²) >= 11 is 6.51. The van der Waals surface area contributed by atoms with Gasteiger partial charge in [0.25, 0.3) is 0 Å². The number of nitrogens with zero attached hydrogens (tertiary/aromatic N) is 2. The fourth-order valence-corrected chi connectivity index (χ4v) is 4.08. The Kier molecular flexibility index (Phi) is 5.41. The predicted octanol–water partition coefficient (Wildman–Crippen LogP) is 2.18. The molecule has 0 saturated carbocycles. The van der Waals surface area contributed by atoms with Gasteiger partial charge in [0.2, 0.25) is 5.91 Å². The van der Waals surface area contributed by atoms with Crippen molar-refractivity contribution in [2.45, 2.75) is 24.9 Å². The number of carbonyl (C=O) groups excluding carboxylic acids is 1. The van der Waals surface area contributed by atoms with Crippen molar-refractivity contribution in [1.82, 2.24) is 9.80 Å². The normalized spacial score (nSPS) is 20.8. The molecule has 2 aliphatic heterocycles. The zero-order valence-electron chi connectivity index (χ0n) is 15.0. The highest BCUT2D eigenvalue weighted by Gasteiger charge is 2.44. The third-order valence-corrected chi connectivity index (χ3v) is 5.76. The summed E-state index contributed by atoms with van der Waals surface area (Å²) in [6, 6.07) is 3.78. The van der Waals surface area contributed by atoms with Gasteiger partial charge in [-0.2, -0.15) is 0 Å². The summed E-state index contributed by atoms with van der Waals surface area (Å²) in [7, 11) is 5.07. The number of likely N-dealkylation sites (N-methyl/N-ethyl adjacent to an activating group) is 1. The molecule has 2 fully saturated rings. The second-order valence-electron chi connectivity index (χ2n) is 6.71. The van der Waals surface area contributed by atoms with Gasteiger partial charge in [0.05, 0.1) is 31.3 Å². The van der Waals surface area contributed by atoms with E-state index in [9.17, 15) is 4.79 Å². The fraction of sp³-hybridized carbons (Fsp3) is 0.611. The summed E-state index contributed by atoms with van der Waals surface area (Å²) in [4.78, 5) is 16.6. The van der Waals surface area contributed by atoms with Gasteiger partial charge in [-0.25, -0.2) is 0 Å². The lowest BCUT2D eigenvalue weighted by Crippen LogP contribution is -2.64. The Morgan fingerprint density at radius 2 is 1.96 bits per heavy atom. The van der Waals surface area contributed by atoms with E-state index < -0.39 is 0 Å². The van der Waals surface area contributed by atoms with Gasteiger partial charge >= 0.3 is 0 Å². The summed E-state index contributed by atoms with van der Waals surface area (Å²) < 4.78 is 16.2. The quantitative estimate of drug-likeness (QED) is 0.815. The fourth-order valence-electron chi connectivity index (χ4n) is 3.79. The van der Waals surface area contributed by atoms with Crippen LogP contribution in [-0.4, -0.2) is 68.8 Å². The molecule has 6 nitrogen and oxygen atoms in total. The number of carbonyl (C=O) groups is 1. The average Bonchev–Trinajstić information content (AvgIpc) is 2.62. The van der Waals surface area contributed by atoms with Crippen molar-refractivity contribution in [3.63, 3.8) is 0 Å². The second-order valence-corrected chi connectivity index (χ2v) is 7.09. The molecule has 1 spiro atoms. The van der Waals surface area contributed by atoms with E-state index in [-0.39, 0.29) is 11.4 Å². The van der Waals surface area contributed by atoms with Gasteiger partial charge in [0, 0.05) is 33.4 Å². The molecule has 3 rings (SSSR count). The smallest absolute Gasteiger partial charge is 0.237 e. The lowest BCUT2D eigenvalue weighted by Gasteiger charge is -2.51. The van der Waals surface area contributed by atoms with E-state index >= 15 is 0 Å². The van der Waals surface area contributed by atoms with Crippen molar-refractivity contribution in [3.05, 3.63) is 22.7 Å². The molecule has 25 heavy (non-hydrogen) atoms. The number of ether oxygens (including phenoxy) is 3. The van der Waals surface area contributed by atoms with E-state index in [2.05, 4.69) is 4.90 Å². The van der Waals surface area contributed by atoms with Crippen LogP contribution in [-0.2, 0) is 16.1 Å². The maximum absolute atomic E-state index is 12.5. The minimum absolute atomic E-state index is 0.142. The van der Waals surface area contributed by atoms with Gasteiger partial charge in [0.15, 0.2) is 11.5 Å². The van der Waals surface area contributed by atoms with E-state index in [0.29, 0.717) is 42.8 Å². The van der Waals surface area contributed by atoms with Crippen LogP contribution in [0.25, 0.3) is 0 Å². The predicted molar refractivity (Wildman–Crippen MR) is 95.4 cm³/mol. The Morgan fingerprint density at radius 3 is 2.60 bits per heavy atom. The van der Waals surface area contributed by atoms with E-state index in [1.54, 1.807) is 14.2 Å². The van der Waals surface area contributed by atoms with Gasteiger partial charge in [-0.15, -0.1) is 0 Å². The van der Waals surface area contributed by atoms with Gasteiger partial charge in [-0.1, -0.05) is 17.7 Å². The van der Waals surface area contributed by atoms with Gasteiger partial charge < -0.3 is 19.1 Å². The van der Waals surface area contributed by atoms with Gasteiger partial charge in [0.1, 0.15) is 0 Å². The van der Waals surface area contributed by atoms with Crippen molar-refractivity contribution in [2.75, 3.05) is 47.6 Å². The first-order valence-electron chi connectivity index (χ1n) is 8.47. The molecule has 1 aromatic rings. The number of halogens is 1. The molecule has 1 aromatic carbocycles. The largest absolute Gasteiger partial charge is 0.493 e. The number of hydrogen-bond donors (Lipinski definition) is 0. The van der Waals surface area contributed by atoms with Crippen LogP contribution in [0, 0.1) is 0 Å². The minimum atomic E-state index is -0.142. The lowest BCUT2D eigenvalue weighted by molar-refractivity contribution is -0.150. The third kappa shape index (κ3) is 3.43. The van der Waals surface area contributed by atoms with Crippen LogP contribution in [0.1, 0.15) is 18.4 Å². The molecule has 0 aromatic heterocycles. The van der Waals surface area contributed by atoms with Crippen LogP contribution in [0.2, 0.25) is 5.02 Å². The highest BCUT2D eigenvalue weighted by atomic mass is 35.5.